The van der Waals surface area contributed by atoms with Gasteiger partial charge in [0.15, 0.2) is 0 Å². The lowest BCUT2D eigenvalue weighted by molar-refractivity contribution is -0.0727. The first kappa shape index (κ1) is 20.4. The van der Waals surface area contributed by atoms with Crippen molar-refractivity contribution in [2.75, 3.05) is 6.54 Å². The van der Waals surface area contributed by atoms with E-state index in [0.29, 0.717) is 11.5 Å². The molecule has 0 bridgehead atoms. The molecular weight excluding hydrogens is 342 g/mol. The van der Waals surface area contributed by atoms with Gasteiger partial charge in [-0.2, -0.15) is 0 Å². The van der Waals surface area contributed by atoms with Crippen LogP contribution in [0.2, 0.25) is 0 Å². The molecule has 3 heteroatoms. The standard InChI is InChI=1S/C25H35N3/c1-6-10-22(7-2)28(20(5)18-26-8-3)23-16-25(17-23)14-21(15-25)13-24-19(4)11-9-12-27-24/h6-12,21,23,26H,3,5,13-18H2,1-2,4H3/b10-6-,22-7+. The van der Waals surface area contributed by atoms with Crippen LogP contribution in [0.15, 0.2) is 67.3 Å². The van der Waals surface area contributed by atoms with Gasteiger partial charge in [0.05, 0.1) is 6.54 Å². The summed E-state index contributed by atoms with van der Waals surface area (Å²) in [4.78, 5) is 7.03. The molecule has 0 unspecified atom stereocenters. The summed E-state index contributed by atoms with van der Waals surface area (Å²) < 4.78 is 0. The second kappa shape index (κ2) is 8.81. The molecule has 0 amide bonds. The van der Waals surface area contributed by atoms with Crippen LogP contribution in [-0.4, -0.2) is 22.5 Å². The van der Waals surface area contributed by atoms with Crippen LogP contribution < -0.4 is 5.32 Å². The molecule has 0 radical (unpaired) electrons. The third-order valence-electron chi connectivity index (χ3n) is 6.45. The number of aromatic nitrogens is 1. The number of aryl methyl sites for hydroxylation is 1. The highest BCUT2D eigenvalue weighted by Gasteiger charge is 2.54. The van der Waals surface area contributed by atoms with Crippen LogP contribution in [0.5, 0.6) is 0 Å². The van der Waals surface area contributed by atoms with Crippen molar-refractivity contribution in [3.63, 3.8) is 0 Å². The van der Waals surface area contributed by atoms with Crippen molar-refractivity contribution < 1.29 is 0 Å². The SMILES string of the molecule is C=CNCC(=C)N(C(/C=C\C)=C/C)C1CC2(CC(Cc3ncccc3C)C2)C1. The summed E-state index contributed by atoms with van der Waals surface area (Å²) in [6.45, 7) is 15.2. The van der Waals surface area contributed by atoms with E-state index in [1.165, 1.54) is 42.6 Å². The summed E-state index contributed by atoms with van der Waals surface area (Å²) in [5.74, 6) is 0.797. The summed E-state index contributed by atoms with van der Waals surface area (Å²) >= 11 is 0. The molecule has 2 aliphatic rings. The van der Waals surface area contributed by atoms with Crippen LogP contribution in [0, 0.1) is 18.3 Å². The summed E-state index contributed by atoms with van der Waals surface area (Å²) in [6, 6.07) is 4.76. The molecule has 1 aromatic rings. The first-order chi connectivity index (χ1) is 13.5. The molecule has 0 aromatic carbocycles. The first-order valence-electron chi connectivity index (χ1n) is 10.5. The Morgan fingerprint density at radius 1 is 1.32 bits per heavy atom. The van der Waals surface area contributed by atoms with E-state index in [2.05, 4.69) is 73.4 Å². The highest BCUT2D eigenvalue weighted by atomic mass is 15.2. The Kier molecular flexibility index (Phi) is 6.43. The van der Waals surface area contributed by atoms with Crippen molar-refractivity contribution in [3.8, 4) is 0 Å². The Balaban J connectivity index is 1.59. The topological polar surface area (TPSA) is 28.2 Å². The maximum Gasteiger partial charge on any atom is 0.0541 e. The average molecular weight is 378 g/mol. The van der Waals surface area contributed by atoms with Gasteiger partial charge in [0, 0.05) is 29.3 Å². The molecule has 1 heterocycles. The molecule has 3 nitrogen and oxygen atoms in total. The molecule has 28 heavy (non-hydrogen) atoms. The number of hydrogen-bond acceptors (Lipinski definition) is 3. The van der Waals surface area contributed by atoms with Gasteiger partial charge in [-0.25, -0.2) is 0 Å². The fourth-order valence-corrected chi connectivity index (χ4v) is 5.18. The number of allylic oxidation sites excluding steroid dienone is 3. The molecule has 1 spiro atoms. The zero-order valence-electron chi connectivity index (χ0n) is 17.7. The Hall–Kier alpha value is -2.29. The van der Waals surface area contributed by atoms with E-state index in [0.717, 1.165) is 24.6 Å². The molecule has 3 rings (SSSR count). The number of hydrogen-bond donors (Lipinski definition) is 1. The molecule has 2 saturated carbocycles. The van der Waals surface area contributed by atoms with Gasteiger partial charge >= 0.3 is 0 Å². The number of rotatable bonds is 9. The quantitative estimate of drug-likeness (QED) is 0.574. The van der Waals surface area contributed by atoms with Gasteiger partial charge in [0.1, 0.15) is 0 Å². The first-order valence-corrected chi connectivity index (χ1v) is 10.5. The number of nitrogens with zero attached hydrogens (tertiary/aromatic N) is 2. The summed E-state index contributed by atoms with van der Waals surface area (Å²) in [6.07, 6.45) is 16.5. The van der Waals surface area contributed by atoms with Gasteiger partial charge in [-0.15, -0.1) is 0 Å². The smallest absolute Gasteiger partial charge is 0.0541 e. The van der Waals surface area contributed by atoms with E-state index >= 15 is 0 Å². The zero-order valence-corrected chi connectivity index (χ0v) is 17.7. The third-order valence-corrected chi connectivity index (χ3v) is 6.45. The van der Waals surface area contributed by atoms with E-state index in [4.69, 9.17) is 0 Å². The maximum absolute atomic E-state index is 4.59. The average Bonchev–Trinajstić information content (AvgIpc) is 2.63. The summed E-state index contributed by atoms with van der Waals surface area (Å²) in [5.41, 5.74) is 5.53. The summed E-state index contributed by atoms with van der Waals surface area (Å²) in [7, 11) is 0. The van der Waals surface area contributed by atoms with Crippen molar-refractivity contribution in [2.24, 2.45) is 11.3 Å². The van der Waals surface area contributed by atoms with Crippen molar-refractivity contribution >= 4 is 0 Å². The van der Waals surface area contributed by atoms with Crippen LogP contribution in [0.3, 0.4) is 0 Å². The van der Waals surface area contributed by atoms with Crippen LogP contribution in [0.25, 0.3) is 0 Å². The Morgan fingerprint density at radius 3 is 2.68 bits per heavy atom. The number of nitrogens with one attached hydrogen (secondary N) is 1. The fraction of sp³-hybridized carbons (Fsp3) is 0.480. The second-order valence-electron chi connectivity index (χ2n) is 8.54. The zero-order chi connectivity index (χ0) is 20.1. The summed E-state index contributed by atoms with van der Waals surface area (Å²) in [5, 5.41) is 3.21. The predicted molar refractivity (Wildman–Crippen MR) is 119 cm³/mol. The lowest BCUT2D eigenvalue weighted by Crippen LogP contribution is -2.56. The lowest BCUT2D eigenvalue weighted by Gasteiger charge is -2.61. The Morgan fingerprint density at radius 2 is 2.07 bits per heavy atom. The van der Waals surface area contributed by atoms with Gasteiger partial charge in [0.25, 0.3) is 0 Å². The molecular formula is C25H35N3. The molecule has 2 aliphatic carbocycles. The van der Waals surface area contributed by atoms with Gasteiger partial charge in [-0.3, -0.25) is 4.98 Å². The fourth-order valence-electron chi connectivity index (χ4n) is 5.18. The Bertz CT molecular complexity index is 760. The van der Waals surface area contributed by atoms with E-state index in [1.807, 2.05) is 12.3 Å². The Labute approximate surface area is 170 Å². The van der Waals surface area contributed by atoms with Crippen molar-refractivity contribution in [2.45, 2.75) is 58.9 Å². The van der Waals surface area contributed by atoms with Crippen LogP contribution >= 0.6 is 0 Å². The minimum atomic E-state index is 0.553. The molecule has 0 saturated heterocycles. The molecule has 1 N–H and O–H groups in total. The van der Waals surface area contributed by atoms with Crippen molar-refractivity contribution in [1.82, 2.24) is 15.2 Å². The third kappa shape index (κ3) is 4.24. The minimum Gasteiger partial charge on any atom is -0.386 e. The highest BCUT2D eigenvalue weighted by Crippen LogP contribution is 2.61. The predicted octanol–water partition coefficient (Wildman–Crippen LogP) is 5.52. The van der Waals surface area contributed by atoms with Crippen LogP contribution in [0.1, 0.15) is 50.8 Å². The second-order valence-corrected chi connectivity index (χ2v) is 8.54. The van der Waals surface area contributed by atoms with Gasteiger partial charge in [-0.05, 0) is 88.1 Å². The van der Waals surface area contributed by atoms with E-state index in [1.54, 1.807) is 6.20 Å². The molecule has 0 aliphatic heterocycles. The van der Waals surface area contributed by atoms with E-state index < -0.39 is 0 Å². The van der Waals surface area contributed by atoms with E-state index in [9.17, 15) is 0 Å². The van der Waals surface area contributed by atoms with Gasteiger partial charge < -0.3 is 10.2 Å². The van der Waals surface area contributed by atoms with Gasteiger partial charge in [0.2, 0.25) is 0 Å². The molecule has 2 fully saturated rings. The largest absolute Gasteiger partial charge is 0.386 e. The maximum atomic E-state index is 4.59. The van der Waals surface area contributed by atoms with Crippen molar-refractivity contribution in [1.29, 1.82) is 0 Å². The lowest BCUT2D eigenvalue weighted by atomic mass is 9.49. The normalized spacial score (nSPS) is 26.6. The molecule has 150 valence electrons. The monoisotopic (exact) mass is 377 g/mol. The molecule has 1 aromatic heterocycles. The van der Waals surface area contributed by atoms with Crippen LogP contribution in [0.4, 0.5) is 0 Å². The highest BCUT2D eigenvalue weighted by molar-refractivity contribution is 5.26. The van der Waals surface area contributed by atoms with Crippen molar-refractivity contribution in [3.05, 3.63) is 78.6 Å². The molecule has 0 atom stereocenters. The minimum absolute atomic E-state index is 0.553. The number of pyridine rings is 1. The van der Waals surface area contributed by atoms with Gasteiger partial charge in [-0.1, -0.05) is 31.4 Å². The van der Waals surface area contributed by atoms with E-state index in [-0.39, 0.29) is 0 Å². The van der Waals surface area contributed by atoms with Crippen LogP contribution in [-0.2, 0) is 6.42 Å².